The average molecular weight is 357 g/mol. The van der Waals surface area contributed by atoms with Crippen molar-refractivity contribution in [3.05, 3.63) is 66.1 Å². The Morgan fingerprint density at radius 1 is 1.04 bits per heavy atom. The Morgan fingerprint density at radius 2 is 1.72 bits per heavy atom. The molecule has 0 fully saturated rings. The summed E-state index contributed by atoms with van der Waals surface area (Å²) in [5.41, 5.74) is 1.83. The van der Waals surface area contributed by atoms with Gasteiger partial charge in [0.05, 0.1) is 11.4 Å². The second kappa shape index (κ2) is 7.16. The summed E-state index contributed by atoms with van der Waals surface area (Å²) < 4.78 is 32.1. The van der Waals surface area contributed by atoms with E-state index in [-0.39, 0.29) is 17.3 Å². The fraction of sp³-hybridized carbons (Fsp3) is 0.222. The third-order valence-electron chi connectivity index (χ3n) is 3.82. The summed E-state index contributed by atoms with van der Waals surface area (Å²) in [6.07, 6.45) is 0. The van der Waals surface area contributed by atoms with E-state index in [1.54, 1.807) is 31.2 Å². The van der Waals surface area contributed by atoms with Crippen LogP contribution in [0.2, 0.25) is 0 Å². The van der Waals surface area contributed by atoms with Crippen molar-refractivity contribution in [2.24, 2.45) is 0 Å². The highest BCUT2D eigenvalue weighted by Crippen LogP contribution is 2.20. The Bertz CT molecular complexity index is 935. The molecule has 0 spiro atoms. The predicted molar refractivity (Wildman–Crippen MR) is 94.2 cm³/mol. The van der Waals surface area contributed by atoms with E-state index in [9.17, 15) is 8.42 Å². The first-order valence-electron chi connectivity index (χ1n) is 7.95. The molecule has 1 aromatic heterocycles. The lowest BCUT2D eigenvalue weighted by Crippen LogP contribution is -2.30. The maximum atomic E-state index is 12.8. The molecule has 0 saturated carbocycles. The van der Waals surface area contributed by atoms with Gasteiger partial charge in [0.25, 0.3) is 0 Å². The van der Waals surface area contributed by atoms with E-state index in [4.69, 9.17) is 4.52 Å². The summed E-state index contributed by atoms with van der Waals surface area (Å²) in [4.78, 5) is 4.56. The minimum Gasteiger partial charge on any atom is -0.338 e. The third-order valence-corrected chi connectivity index (χ3v) is 5.76. The number of nitrogens with zero attached hydrogens (tertiary/aromatic N) is 3. The van der Waals surface area contributed by atoms with Crippen LogP contribution >= 0.6 is 0 Å². The molecule has 0 unspecified atom stereocenters. The number of aromatic nitrogens is 2. The minimum absolute atomic E-state index is 0.0343. The summed E-state index contributed by atoms with van der Waals surface area (Å²) >= 11 is 0. The van der Waals surface area contributed by atoms with Crippen molar-refractivity contribution in [2.75, 3.05) is 6.54 Å². The predicted octanol–water partition coefficient (Wildman–Crippen LogP) is 3.26. The highest BCUT2D eigenvalue weighted by Gasteiger charge is 2.25. The van der Waals surface area contributed by atoms with Gasteiger partial charge >= 0.3 is 0 Å². The molecule has 0 bridgehead atoms. The van der Waals surface area contributed by atoms with Gasteiger partial charge in [-0.25, -0.2) is 8.42 Å². The standard InChI is InChI=1S/C18H19N3O3S/c1-3-21(25(22,23)16-11-9-14(2)10-12-16)13-17-19-18(20-24-17)15-7-5-4-6-8-15/h4-12H,3,13H2,1-2H3. The highest BCUT2D eigenvalue weighted by molar-refractivity contribution is 7.89. The number of hydrogen-bond acceptors (Lipinski definition) is 5. The van der Waals surface area contributed by atoms with Gasteiger partial charge in [-0.15, -0.1) is 0 Å². The third kappa shape index (κ3) is 3.78. The van der Waals surface area contributed by atoms with Gasteiger partial charge in [-0.3, -0.25) is 0 Å². The Kier molecular flexibility index (Phi) is 4.96. The van der Waals surface area contributed by atoms with Crippen molar-refractivity contribution in [1.29, 1.82) is 0 Å². The van der Waals surface area contributed by atoms with Crippen LogP contribution in [-0.2, 0) is 16.6 Å². The molecule has 0 amide bonds. The molecule has 0 N–H and O–H groups in total. The van der Waals surface area contributed by atoms with Crippen LogP contribution in [0.15, 0.2) is 64.0 Å². The molecule has 0 saturated heterocycles. The van der Waals surface area contributed by atoms with Crippen LogP contribution in [0.25, 0.3) is 11.4 Å². The van der Waals surface area contributed by atoms with Crippen LogP contribution in [0.4, 0.5) is 0 Å². The quantitative estimate of drug-likeness (QED) is 0.677. The monoisotopic (exact) mass is 357 g/mol. The molecule has 3 rings (SSSR count). The molecule has 0 atom stereocenters. The van der Waals surface area contributed by atoms with E-state index in [2.05, 4.69) is 10.1 Å². The van der Waals surface area contributed by atoms with Crippen LogP contribution in [0.3, 0.4) is 0 Å². The van der Waals surface area contributed by atoms with Crippen molar-refractivity contribution in [2.45, 2.75) is 25.3 Å². The van der Waals surface area contributed by atoms with Crippen LogP contribution in [0.5, 0.6) is 0 Å². The van der Waals surface area contributed by atoms with Gasteiger partial charge in [0, 0.05) is 12.1 Å². The molecule has 130 valence electrons. The van der Waals surface area contributed by atoms with E-state index < -0.39 is 10.0 Å². The van der Waals surface area contributed by atoms with E-state index >= 15 is 0 Å². The molecule has 0 aliphatic rings. The zero-order valence-corrected chi connectivity index (χ0v) is 14.9. The molecule has 25 heavy (non-hydrogen) atoms. The van der Waals surface area contributed by atoms with Gasteiger partial charge in [-0.2, -0.15) is 9.29 Å². The maximum Gasteiger partial charge on any atom is 0.243 e. The molecule has 2 aromatic carbocycles. The zero-order valence-electron chi connectivity index (χ0n) is 14.1. The Balaban J connectivity index is 1.83. The number of rotatable bonds is 6. The molecule has 6 nitrogen and oxygen atoms in total. The first kappa shape index (κ1) is 17.3. The van der Waals surface area contributed by atoms with Crippen molar-refractivity contribution in [1.82, 2.24) is 14.4 Å². The normalized spacial score (nSPS) is 11.8. The number of hydrogen-bond donors (Lipinski definition) is 0. The van der Waals surface area contributed by atoms with E-state index in [1.165, 1.54) is 4.31 Å². The Morgan fingerprint density at radius 3 is 2.36 bits per heavy atom. The van der Waals surface area contributed by atoms with E-state index in [1.807, 2.05) is 37.3 Å². The summed E-state index contributed by atoms with van der Waals surface area (Å²) in [5.74, 6) is 0.704. The van der Waals surface area contributed by atoms with Gasteiger partial charge in [-0.1, -0.05) is 60.1 Å². The molecule has 0 aliphatic carbocycles. The lowest BCUT2D eigenvalue weighted by Gasteiger charge is -2.18. The summed E-state index contributed by atoms with van der Waals surface area (Å²) in [5, 5.41) is 3.93. The molecular formula is C18H19N3O3S. The lowest BCUT2D eigenvalue weighted by atomic mass is 10.2. The number of aryl methyl sites for hydroxylation is 1. The summed E-state index contributed by atoms with van der Waals surface area (Å²) in [6.45, 7) is 4.03. The van der Waals surface area contributed by atoms with Gasteiger partial charge in [0.15, 0.2) is 0 Å². The Labute approximate surface area is 147 Å². The highest BCUT2D eigenvalue weighted by atomic mass is 32.2. The van der Waals surface area contributed by atoms with Gasteiger partial charge in [0.1, 0.15) is 0 Å². The minimum atomic E-state index is -3.62. The van der Waals surface area contributed by atoms with E-state index in [0.717, 1.165) is 11.1 Å². The number of benzene rings is 2. The molecule has 0 radical (unpaired) electrons. The van der Waals surface area contributed by atoms with Crippen molar-refractivity contribution in [3.8, 4) is 11.4 Å². The first-order chi connectivity index (χ1) is 12.0. The van der Waals surface area contributed by atoms with Crippen LogP contribution < -0.4 is 0 Å². The molecule has 3 aromatic rings. The molecule has 7 heteroatoms. The van der Waals surface area contributed by atoms with Crippen molar-refractivity contribution < 1.29 is 12.9 Å². The number of sulfonamides is 1. The van der Waals surface area contributed by atoms with Gasteiger partial charge in [-0.05, 0) is 19.1 Å². The molecular weight excluding hydrogens is 338 g/mol. The van der Waals surface area contributed by atoms with Gasteiger partial charge in [0.2, 0.25) is 21.7 Å². The second-order valence-corrected chi connectivity index (χ2v) is 7.56. The lowest BCUT2D eigenvalue weighted by molar-refractivity contribution is 0.321. The first-order valence-corrected chi connectivity index (χ1v) is 9.39. The summed E-state index contributed by atoms with van der Waals surface area (Å²) in [7, 11) is -3.62. The topological polar surface area (TPSA) is 76.3 Å². The average Bonchev–Trinajstić information content (AvgIpc) is 3.09. The van der Waals surface area contributed by atoms with Crippen LogP contribution in [0, 0.1) is 6.92 Å². The van der Waals surface area contributed by atoms with Crippen LogP contribution in [-0.4, -0.2) is 29.4 Å². The maximum absolute atomic E-state index is 12.8. The largest absolute Gasteiger partial charge is 0.338 e. The second-order valence-electron chi connectivity index (χ2n) is 5.62. The fourth-order valence-electron chi connectivity index (χ4n) is 2.40. The smallest absolute Gasteiger partial charge is 0.243 e. The van der Waals surface area contributed by atoms with Gasteiger partial charge < -0.3 is 4.52 Å². The summed E-state index contributed by atoms with van der Waals surface area (Å²) in [6, 6.07) is 16.2. The van der Waals surface area contributed by atoms with Crippen LogP contribution in [0.1, 0.15) is 18.4 Å². The zero-order chi connectivity index (χ0) is 17.9. The fourth-order valence-corrected chi connectivity index (χ4v) is 3.80. The molecule has 1 heterocycles. The van der Waals surface area contributed by atoms with E-state index in [0.29, 0.717) is 12.4 Å². The Hall–Kier alpha value is -2.51. The van der Waals surface area contributed by atoms with Crippen molar-refractivity contribution in [3.63, 3.8) is 0 Å². The van der Waals surface area contributed by atoms with Crippen molar-refractivity contribution >= 4 is 10.0 Å². The SMILES string of the molecule is CCN(Cc1nc(-c2ccccc2)no1)S(=O)(=O)c1ccc(C)cc1. The molecule has 0 aliphatic heterocycles.